The molecule has 0 atom stereocenters. The molecule has 0 aliphatic carbocycles. The molecule has 4 nitrogen and oxygen atoms in total. The number of aryl methyl sites for hydroxylation is 2. The molecule has 2 aromatic rings. The Morgan fingerprint density at radius 1 is 1.08 bits per heavy atom. The molecular weight excluding hydrogens is 370 g/mol. The van der Waals surface area contributed by atoms with Gasteiger partial charge < -0.3 is 14.8 Å². The minimum Gasteiger partial charge on any atom is -0.491 e. The molecule has 0 unspecified atom stereocenters. The van der Waals surface area contributed by atoms with Crippen molar-refractivity contribution in [2.45, 2.75) is 20.8 Å². The molecule has 0 aromatic heterocycles. The third kappa shape index (κ3) is 5.27. The highest BCUT2D eigenvalue weighted by atomic mass is 79.9. The summed E-state index contributed by atoms with van der Waals surface area (Å²) in [6.07, 6.45) is 0. The minimum atomic E-state index is -0.167. The van der Waals surface area contributed by atoms with Crippen LogP contribution in [0.4, 0.5) is 0 Å². The molecule has 2 aromatic carbocycles. The van der Waals surface area contributed by atoms with Crippen LogP contribution in [0.2, 0.25) is 0 Å². The van der Waals surface area contributed by atoms with Crippen molar-refractivity contribution in [3.8, 4) is 11.5 Å². The molecule has 0 saturated carbocycles. The summed E-state index contributed by atoms with van der Waals surface area (Å²) in [4.78, 5) is 11.8. The predicted molar refractivity (Wildman–Crippen MR) is 98.8 cm³/mol. The van der Waals surface area contributed by atoms with E-state index in [0.29, 0.717) is 18.9 Å². The molecule has 0 aliphatic rings. The molecule has 0 heterocycles. The Balaban J connectivity index is 1.69. The number of carbonyl (C=O) groups excluding carboxylic acids is 1. The van der Waals surface area contributed by atoms with E-state index in [1.54, 1.807) is 0 Å². The van der Waals surface area contributed by atoms with E-state index in [1.807, 2.05) is 57.2 Å². The van der Waals surface area contributed by atoms with E-state index < -0.39 is 0 Å². The molecule has 0 fully saturated rings. The molecular formula is C19H22BrNO3. The number of nitrogens with one attached hydrogen (secondary N) is 1. The van der Waals surface area contributed by atoms with Gasteiger partial charge in [-0.1, -0.05) is 28.1 Å². The number of carbonyl (C=O) groups is 1. The Morgan fingerprint density at radius 3 is 2.62 bits per heavy atom. The van der Waals surface area contributed by atoms with Gasteiger partial charge in [0.05, 0.1) is 6.54 Å². The Bertz CT molecular complexity index is 716. The van der Waals surface area contributed by atoms with E-state index in [0.717, 1.165) is 21.3 Å². The summed E-state index contributed by atoms with van der Waals surface area (Å²) in [5.74, 6) is 1.36. The van der Waals surface area contributed by atoms with Crippen LogP contribution in [0.15, 0.2) is 40.9 Å². The monoisotopic (exact) mass is 391 g/mol. The van der Waals surface area contributed by atoms with Gasteiger partial charge in [0.25, 0.3) is 5.91 Å². The van der Waals surface area contributed by atoms with E-state index in [2.05, 4.69) is 21.2 Å². The van der Waals surface area contributed by atoms with Gasteiger partial charge >= 0.3 is 0 Å². The van der Waals surface area contributed by atoms with Crippen molar-refractivity contribution in [1.82, 2.24) is 5.32 Å². The van der Waals surface area contributed by atoms with Gasteiger partial charge in [-0.2, -0.15) is 0 Å². The van der Waals surface area contributed by atoms with Crippen LogP contribution in [0.5, 0.6) is 11.5 Å². The van der Waals surface area contributed by atoms with Gasteiger partial charge in [-0.25, -0.2) is 0 Å². The maximum atomic E-state index is 11.8. The van der Waals surface area contributed by atoms with Gasteiger partial charge in [0.2, 0.25) is 0 Å². The van der Waals surface area contributed by atoms with Gasteiger partial charge in [0.15, 0.2) is 6.61 Å². The van der Waals surface area contributed by atoms with Crippen LogP contribution in [-0.2, 0) is 4.79 Å². The molecule has 0 bridgehead atoms. The zero-order valence-electron chi connectivity index (χ0n) is 14.2. The Labute approximate surface area is 151 Å². The standard InChI is InChI=1S/C19H22BrNO3/c1-13-5-4-6-18(15(13)3)23-10-9-21-19(22)12-24-16-7-8-17(20)14(2)11-16/h4-8,11H,9-10,12H2,1-3H3,(H,21,22). The fourth-order valence-corrected chi connectivity index (χ4v) is 2.39. The Kier molecular flexibility index (Phi) is 6.67. The number of halogens is 1. The van der Waals surface area contributed by atoms with Crippen molar-refractivity contribution in [2.24, 2.45) is 0 Å². The summed E-state index contributed by atoms with van der Waals surface area (Å²) < 4.78 is 12.2. The fourth-order valence-electron chi connectivity index (χ4n) is 2.14. The third-order valence-electron chi connectivity index (χ3n) is 3.74. The lowest BCUT2D eigenvalue weighted by atomic mass is 10.1. The van der Waals surface area contributed by atoms with Crippen LogP contribution < -0.4 is 14.8 Å². The van der Waals surface area contributed by atoms with Crippen LogP contribution >= 0.6 is 15.9 Å². The van der Waals surface area contributed by atoms with E-state index in [4.69, 9.17) is 9.47 Å². The first-order chi connectivity index (χ1) is 11.5. The second-order valence-electron chi connectivity index (χ2n) is 5.60. The number of ether oxygens (including phenoxy) is 2. The molecule has 0 aliphatic heterocycles. The quantitative estimate of drug-likeness (QED) is 0.726. The average Bonchev–Trinajstić information content (AvgIpc) is 2.56. The highest BCUT2D eigenvalue weighted by Gasteiger charge is 2.05. The smallest absolute Gasteiger partial charge is 0.258 e. The van der Waals surface area contributed by atoms with Crippen molar-refractivity contribution in [2.75, 3.05) is 19.8 Å². The summed E-state index contributed by atoms with van der Waals surface area (Å²) in [5.41, 5.74) is 3.38. The number of rotatable bonds is 7. The molecule has 24 heavy (non-hydrogen) atoms. The van der Waals surface area contributed by atoms with E-state index in [9.17, 15) is 4.79 Å². The van der Waals surface area contributed by atoms with Gasteiger partial charge in [-0.15, -0.1) is 0 Å². The van der Waals surface area contributed by atoms with Gasteiger partial charge in [0.1, 0.15) is 18.1 Å². The van der Waals surface area contributed by atoms with Gasteiger partial charge in [0, 0.05) is 4.47 Å². The van der Waals surface area contributed by atoms with Crippen molar-refractivity contribution in [3.63, 3.8) is 0 Å². The first kappa shape index (κ1) is 18.3. The average molecular weight is 392 g/mol. The molecule has 2 rings (SSSR count). The molecule has 0 radical (unpaired) electrons. The van der Waals surface area contributed by atoms with Crippen LogP contribution in [0.3, 0.4) is 0 Å². The summed E-state index contributed by atoms with van der Waals surface area (Å²) in [6.45, 7) is 6.90. The van der Waals surface area contributed by atoms with Crippen LogP contribution in [-0.4, -0.2) is 25.7 Å². The van der Waals surface area contributed by atoms with Crippen molar-refractivity contribution >= 4 is 21.8 Å². The highest BCUT2D eigenvalue weighted by molar-refractivity contribution is 9.10. The molecule has 5 heteroatoms. The summed E-state index contributed by atoms with van der Waals surface area (Å²) in [6, 6.07) is 11.6. The van der Waals surface area contributed by atoms with Crippen molar-refractivity contribution in [1.29, 1.82) is 0 Å². The van der Waals surface area contributed by atoms with E-state index in [-0.39, 0.29) is 12.5 Å². The lowest BCUT2D eigenvalue weighted by molar-refractivity contribution is -0.123. The van der Waals surface area contributed by atoms with Crippen molar-refractivity contribution < 1.29 is 14.3 Å². The number of hydrogen-bond donors (Lipinski definition) is 1. The molecule has 0 saturated heterocycles. The van der Waals surface area contributed by atoms with Crippen LogP contribution in [0.25, 0.3) is 0 Å². The highest BCUT2D eigenvalue weighted by Crippen LogP contribution is 2.21. The Hall–Kier alpha value is -2.01. The second kappa shape index (κ2) is 8.73. The largest absolute Gasteiger partial charge is 0.491 e. The number of benzene rings is 2. The zero-order valence-corrected chi connectivity index (χ0v) is 15.8. The SMILES string of the molecule is Cc1cc(OCC(=O)NCCOc2cccc(C)c2C)ccc1Br. The lowest BCUT2D eigenvalue weighted by Gasteiger charge is -2.12. The van der Waals surface area contributed by atoms with E-state index >= 15 is 0 Å². The Morgan fingerprint density at radius 2 is 1.88 bits per heavy atom. The summed E-state index contributed by atoms with van der Waals surface area (Å²) >= 11 is 3.43. The summed E-state index contributed by atoms with van der Waals surface area (Å²) in [5, 5.41) is 2.79. The maximum absolute atomic E-state index is 11.8. The molecule has 1 N–H and O–H groups in total. The molecule has 0 spiro atoms. The summed E-state index contributed by atoms with van der Waals surface area (Å²) in [7, 11) is 0. The van der Waals surface area contributed by atoms with Crippen LogP contribution in [0, 0.1) is 20.8 Å². The third-order valence-corrected chi connectivity index (χ3v) is 4.63. The first-order valence-electron chi connectivity index (χ1n) is 7.82. The predicted octanol–water partition coefficient (Wildman–Crippen LogP) is 3.95. The second-order valence-corrected chi connectivity index (χ2v) is 6.45. The van der Waals surface area contributed by atoms with Crippen molar-refractivity contribution in [3.05, 3.63) is 57.6 Å². The molecule has 1 amide bonds. The van der Waals surface area contributed by atoms with Gasteiger partial charge in [-0.05, 0) is 61.7 Å². The van der Waals surface area contributed by atoms with Crippen LogP contribution in [0.1, 0.15) is 16.7 Å². The van der Waals surface area contributed by atoms with Gasteiger partial charge in [-0.3, -0.25) is 4.79 Å². The zero-order chi connectivity index (χ0) is 17.5. The maximum Gasteiger partial charge on any atom is 0.258 e. The number of amides is 1. The topological polar surface area (TPSA) is 47.6 Å². The minimum absolute atomic E-state index is 0.00938. The lowest BCUT2D eigenvalue weighted by Crippen LogP contribution is -2.32. The normalized spacial score (nSPS) is 10.3. The first-order valence-corrected chi connectivity index (χ1v) is 8.61. The fraction of sp³-hybridized carbons (Fsp3) is 0.316. The van der Waals surface area contributed by atoms with E-state index in [1.165, 1.54) is 5.56 Å². The number of hydrogen-bond acceptors (Lipinski definition) is 3. The molecule has 128 valence electrons.